The summed E-state index contributed by atoms with van der Waals surface area (Å²) < 4.78 is 5.42. The molecule has 0 amide bonds. The van der Waals surface area contributed by atoms with Crippen LogP contribution in [0.3, 0.4) is 0 Å². The Kier molecular flexibility index (Phi) is 4.06. The maximum absolute atomic E-state index is 9.21. The lowest BCUT2D eigenvalue weighted by molar-refractivity contribution is 0.570. The highest BCUT2D eigenvalue weighted by molar-refractivity contribution is 5.93. The molecule has 2 aromatic carbocycles. The molecule has 0 saturated heterocycles. The van der Waals surface area contributed by atoms with Crippen molar-refractivity contribution in [3.05, 3.63) is 65.7 Å². The van der Waals surface area contributed by atoms with Crippen LogP contribution in [0.1, 0.15) is 42.0 Å². The number of rotatable bonds is 3. The monoisotopic (exact) mass is 369 g/mol. The zero-order valence-electron chi connectivity index (χ0n) is 15.3. The molecular weight excluding hydrogens is 350 g/mol. The largest absolute Gasteiger partial charge is 0.442 e. The highest BCUT2D eigenvalue weighted by Gasteiger charge is 2.20. The van der Waals surface area contributed by atoms with Crippen molar-refractivity contribution in [3.63, 3.8) is 0 Å². The zero-order valence-corrected chi connectivity index (χ0v) is 15.3. The van der Waals surface area contributed by atoms with E-state index in [9.17, 15) is 5.26 Å². The number of hydrogen-bond acceptors (Lipinski definition) is 5. The first-order valence-electron chi connectivity index (χ1n) is 9.48. The SMILES string of the molecule is N#Cc1ccc2c(c1)CCCC[C@@H]2Nc1ccc2[nH]nc(-c3cnco3)c2c1. The summed E-state index contributed by atoms with van der Waals surface area (Å²) in [6.45, 7) is 0. The molecule has 138 valence electrons. The summed E-state index contributed by atoms with van der Waals surface area (Å²) >= 11 is 0. The average molecular weight is 369 g/mol. The van der Waals surface area contributed by atoms with Gasteiger partial charge in [-0.2, -0.15) is 10.4 Å². The van der Waals surface area contributed by atoms with Crippen LogP contribution in [-0.4, -0.2) is 15.2 Å². The van der Waals surface area contributed by atoms with Crippen LogP contribution in [0.15, 0.2) is 53.4 Å². The highest BCUT2D eigenvalue weighted by Crippen LogP contribution is 2.34. The Morgan fingerprint density at radius 1 is 1.18 bits per heavy atom. The fourth-order valence-corrected chi connectivity index (χ4v) is 4.03. The Morgan fingerprint density at radius 2 is 2.14 bits per heavy atom. The predicted molar refractivity (Wildman–Crippen MR) is 107 cm³/mol. The van der Waals surface area contributed by atoms with Crippen molar-refractivity contribution in [3.8, 4) is 17.5 Å². The van der Waals surface area contributed by atoms with Crippen molar-refractivity contribution < 1.29 is 4.42 Å². The second-order valence-electron chi connectivity index (χ2n) is 7.17. The van der Waals surface area contributed by atoms with Gasteiger partial charge in [-0.15, -0.1) is 0 Å². The zero-order chi connectivity index (χ0) is 18.9. The molecule has 2 heterocycles. The van der Waals surface area contributed by atoms with Crippen LogP contribution in [0.5, 0.6) is 0 Å². The second kappa shape index (κ2) is 6.86. The fourth-order valence-electron chi connectivity index (χ4n) is 4.03. The third kappa shape index (κ3) is 2.91. The number of aromatic amines is 1. The topological polar surface area (TPSA) is 90.5 Å². The van der Waals surface area contributed by atoms with Gasteiger partial charge in [0.25, 0.3) is 0 Å². The number of nitrogens with one attached hydrogen (secondary N) is 2. The summed E-state index contributed by atoms with van der Waals surface area (Å²) in [5, 5.41) is 21.3. The van der Waals surface area contributed by atoms with Gasteiger partial charge in [-0.05, 0) is 60.7 Å². The minimum atomic E-state index is 0.225. The van der Waals surface area contributed by atoms with Crippen LogP contribution in [0.2, 0.25) is 0 Å². The van der Waals surface area contributed by atoms with Gasteiger partial charge in [0.15, 0.2) is 12.2 Å². The Bertz CT molecular complexity index is 1170. The summed E-state index contributed by atoms with van der Waals surface area (Å²) in [4.78, 5) is 3.99. The maximum atomic E-state index is 9.21. The molecule has 1 aliphatic carbocycles. The molecule has 4 aromatic rings. The minimum Gasteiger partial charge on any atom is -0.442 e. The predicted octanol–water partition coefficient (Wildman–Crippen LogP) is 4.97. The van der Waals surface area contributed by atoms with Gasteiger partial charge < -0.3 is 9.73 Å². The van der Waals surface area contributed by atoms with E-state index in [1.807, 2.05) is 18.2 Å². The van der Waals surface area contributed by atoms with Gasteiger partial charge in [-0.1, -0.05) is 12.5 Å². The first-order valence-corrected chi connectivity index (χ1v) is 9.48. The Balaban J connectivity index is 1.50. The lowest BCUT2D eigenvalue weighted by atomic mass is 9.96. The van der Waals surface area contributed by atoms with Gasteiger partial charge in [0.2, 0.25) is 0 Å². The molecule has 6 nitrogen and oxygen atoms in total. The normalized spacial score (nSPS) is 16.3. The molecule has 1 atom stereocenters. The van der Waals surface area contributed by atoms with Crippen molar-refractivity contribution in [1.82, 2.24) is 15.2 Å². The standard InChI is InChI=1S/C22H19N5O/c23-11-14-5-7-17-15(9-14)3-1-2-4-19(17)25-16-6-8-20-18(10-16)22(27-26-20)21-12-24-13-28-21/h5-10,12-13,19,25H,1-4H2,(H,26,27)/t19-/m0/s1. The van der Waals surface area contributed by atoms with Crippen LogP contribution >= 0.6 is 0 Å². The molecule has 0 bridgehead atoms. The summed E-state index contributed by atoms with van der Waals surface area (Å²) in [5.74, 6) is 0.646. The number of benzene rings is 2. The number of nitrogens with zero attached hydrogens (tertiary/aromatic N) is 3. The number of hydrogen-bond donors (Lipinski definition) is 2. The van der Waals surface area contributed by atoms with E-state index in [0.717, 1.165) is 53.5 Å². The average Bonchev–Trinajstić information content (AvgIpc) is 3.35. The molecule has 0 spiro atoms. The van der Waals surface area contributed by atoms with E-state index in [-0.39, 0.29) is 6.04 Å². The van der Waals surface area contributed by atoms with Crippen LogP contribution in [-0.2, 0) is 6.42 Å². The summed E-state index contributed by atoms with van der Waals surface area (Å²) in [7, 11) is 0. The summed E-state index contributed by atoms with van der Waals surface area (Å²) in [6.07, 6.45) is 7.48. The number of anilines is 1. The van der Waals surface area contributed by atoms with Gasteiger partial charge >= 0.3 is 0 Å². The van der Waals surface area contributed by atoms with Crippen molar-refractivity contribution in [2.24, 2.45) is 0 Å². The molecular formula is C22H19N5O. The van der Waals surface area contributed by atoms with E-state index in [4.69, 9.17) is 4.42 Å². The van der Waals surface area contributed by atoms with Gasteiger partial charge in [0.1, 0.15) is 5.69 Å². The second-order valence-corrected chi connectivity index (χ2v) is 7.17. The van der Waals surface area contributed by atoms with Crippen LogP contribution in [0.25, 0.3) is 22.4 Å². The molecule has 0 unspecified atom stereocenters. The van der Waals surface area contributed by atoms with Crippen molar-refractivity contribution >= 4 is 16.6 Å². The van der Waals surface area contributed by atoms with Gasteiger partial charge in [0, 0.05) is 11.1 Å². The quantitative estimate of drug-likeness (QED) is 0.498. The maximum Gasteiger partial charge on any atom is 0.181 e. The van der Waals surface area contributed by atoms with Crippen molar-refractivity contribution in [1.29, 1.82) is 5.26 Å². The fraction of sp³-hybridized carbons (Fsp3) is 0.227. The number of oxazole rings is 1. The van der Waals surface area contributed by atoms with Crippen molar-refractivity contribution in [2.75, 3.05) is 5.32 Å². The summed E-state index contributed by atoms with van der Waals surface area (Å²) in [6, 6.07) is 14.7. The number of aromatic nitrogens is 3. The first-order chi connectivity index (χ1) is 13.8. The van der Waals surface area contributed by atoms with Crippen LogP contribution in [0, 0.1) is 11.3 Å². The Labute approximate surface area is 162 Å². The van der Waals surface area contributed by atoms with Gasteiger partial charge in [0.05, 0.1) is 29.4 Å². The number of fused-ring (bicyclic) bond motifs is 2. The van der Waals surface area contributed by atoms with Crippen molar-refractivity contribution in [2.45, 2.75) is 31.7 Å². The lowest BCUT2D eigenvalue weighted by Crippen LogP contribution is -2.11. The number of H-pyrrole nitrogens is 1. The molecule has 6 heteroatoms. The van der Waals surface area contributed by atoms with E-state index >= 15 is 0 Å². The number of aryl methyl sites for hydroxylation is 1. The van der Waals surface area contributed by atoms with Crippen LogP contribution in [0.4, 0.5) is 5.69 Å². The molecule has 0 radical (unpaired) electrons. The van der Waals surface area contributed by atoms with E-state index in [2.05, 4.69) is 44.8 Å². The first kappa shape index (κ1) is 16.6. The summed E-state index contributed by atoms with van der Waals surface area (Å²) in [5.41, 5.74) is 6.06. The third-order valence-electron chi connectivity index (χ3n) is 5.41. The molecule has 0 aliphatic heterocycles. The Hall–Kier alpha value is -3.59. The third-order valence-corrected chi connectivity index (χ3v) is 5.41. The van der Waals surface area contributed by atoms with Crippen LogP contribution < -0.4 is 5.32 Å². The lowest BCUT2D eigenvalue weighted by Gasteiger charge is -2.21. The van der Waals surface area contributed by atoms with E-state index in [0.29, 0.717) is 5.76 Å². The van der Waals surface area contributed by atoms with E-state index < -0.39 is 0 Å². The van der Waals surface area contributed by atoms with Gasteiger partial charge in [-0.25, -0.2) is 4.98 Å². The van der Waals surface area contributed by atoms with E-state index in [1.54, 1.807) is 6.20 Å². The molecule has 0 fully saturated rings. The smallest absolute Gasteiger partial charge is 0.181 e. The van der Waals surface area contributed by atoms with E-state index in [1.165, 1.54) is 17.5 Å². The minimum absolute atomic E-state index is 0.225. The highest BCUT2D eigenvalue weighted by atomic mass is 16.3. The molecule has 28 heavy (non-hydrogen) atoms. The number of nitriles is 1. The molecule has 2 aromatic heterocycles. The molecule has 0 saturated carbocycles. The molecule has 2 N–H and O–H groups in total. The molecule has 1 aliphatic rings. The van der Waals surface area contributed by atoms with Gasteiger partial charge in [-0.3, -0.25) is 5.10 Å². The Morgan fingerprint density at radius 3 is 3.00 bits per heavy atom. The molecule has 5 rings (SSSR count).